The number of hydrogen-bond donors (Lipinski definition) is 1. The van der Waals surface area contributed by atoms with Gasteiger partial charge in [-0.05, 0) is 39.0 Å². The van der Waals surface area contributed by atoms with Crippen LogP contribution in [0.1, 0.15) is 31.1 Å². The molecule has 0 fully saturated rings. The van der Waals surface area contributed by atoms with Gasteiger partial charge in [0, 0.05) is 0 Å². The van der Waals surface area contributed by atoms with Gasteiger partial charge in [-0.25, -0.2) is 5.48 Å². The van der Waals surface area contributed by atoms with Crippen LogP contribution in [-0.4, -0.2) is 25.7 Å². The molecule has 0 spiro atoms. The molecule has 0 saturated heterocycles. The van der Waals surface area contributed by atoms with Crippen molar-refractivity contribution in [3.05, 3.63) is 23.8 Å². The molecule has 5 nitrogen and oxygen atoms in total. The fourth-order valence-corrected chi connectivity index (χ4v) is 1.25. The number of methoxy groups -OCH3 is 2. The topological polar surface area (TPSA) is 56.8 Å². The van der Waals surface area contributed by atoms with Gasteiger partial charge in [0.2, 0.25) is 0 Å². The smallest absolute Gasteiger partial charge is 0.278 e. The minimum absolute atomic E-state index is 0.362. The van der Waals surface area contributed by atoms with Crippen LogP contribution < -0.4 is 15.0 Å². The third-order valence-corrected chi connectivity index (χ3v) is 2.10. The summed E-state index contributed by atoms with van der Waals surface area (Å²) < 4.78 is 10.2. The lowest BCUT2D eigenvalue weighted by atomic mass is 10.2. The number of ether oxygens (including phenoxy) is 2. The van der Waals surface area contributed by atoms with Crippen molar-refractivity contribution in [1.82, 2.24) is 5.48 Å². The van der Waals surface area contributed by atoms with Gasteiger partial charge in [0.1, 0.15) is 11.5 Å². The highest BCUT2D eigenvalue weighted by molar-refractivity contribution is 5.96. The summed E-state index contributed by atoms with van der Waals surface area (Å²) in [7, 11) is 3.04. The molecule has 0 aliphatic heterocycles. The van der Waals surface area contributed by atoms with E-state index in [0.717, 1.165) is 0 Å². The molecule has 1 aromatic carbocycles. The standard InChI is InChI=1S/C13H19NO4/c1-13(2,3)18-14-12(15)10-8-9(16-4)6-7-11(10)17-5/h6-8H,1-5H3,(H,14,15). The lowest BCUT2D eigenvalue weighted by Gasteiger charge is -2.19. The van der Waals surface area contributed by atoms with Crippen molar-refractivity contribution in [1.29, 1.82) is 0 Å². The molecule has 0 aromatic heterocycles. The molecule has 0 unspecified atom stereocenters. The first kappa shape index (κ1) is 14.3. The molecule has 5 heteroatoms. The molecule has 0 heterocycles. The number of amides is 1. The molecule has 0 aliphatic rings. The summed E-state index contributed by atoms with van der Waals surface area (Å²) in [5, 5.41) is 0. The van der Waals surface area contributed by atoms with Crippen molar-refractivity contribution in [3.63, 3.8) is 0 Å². The zero-order valence-corrected chi connectivity index (χ0v) is 11.4. The van der Waals surface area contributed by atoms with Crippen molar-refractivity contribution in [2.24, 2.45) is 0 Å². The van der Waals surface area contributed by atoms with E-state index in [1.54, 1.807) is 18.2 Å². The van der Waals surface area contributed by atoms with Crippen LogP contribution in [0.2, 0.25) is 0 Å². The van der Waals surface area contributed by atoms with Gasteiger partial charge in [-0.15, -0.1) is 0 Å². The Hall–Kier alpha value is -1.75. The van der Waals surface area contributed by atoms with E-state index in [0.29, 0.717) is 17.1 Å². The highest BCUT2D eigenvalue weighted by Crippen LogP contribution is 2.23. The van der Waals surface area contributed by atoms with Gasteiger partial charge in [-0.1, -0.05) is 0 Å². The molecule has 1 rings (SSSR count). The lowest BCUT2D eigenvalue weighted by molar-refractivity contribution is -0.0590. The molecule has 1 amide bonds. The zero-order valence-electron chi connectivity index (χ0n) is 11.4. The molecule has 1 N–H and O–H groups in total. The van der Waals surface area contributed by atoms with E-state index in [4.69, 9.17) is 14.3 Å². The summed E-state index contributed by atoms with van der Waals surface area (Å²) in [6.07, 6.45) is 0. The number of hydroxylamine groups is 1. The maximum absolute atomic E-state index is 12.0. The van der Waals surface area contributed by atoms with E-state index in [9.17, 15) is 4.79 Å². The van der Waals surface area contributed by atoms with E-state index in [-0.39, 0.29) is 5.91 Å². The SMILES string of the molecule is COc1ccc(OC)c(C(=O)NOC(C)(C)C)c1. The molecule has 1 aromatic rings. The van der Waals surface area contributed by atoms with Crippen LogP contribution in [-0.2, 0) is 4.84 Å². The number of carbonyl (C=O) groups is 1. The van der Waals surface area contributed by atoms with Crippen molar-refractivity contribution < 1.29 is 19.1 Å². The molecular formula is C13H19NO4. The molecule has 0 bridgehead atoms. The summed E-state index contributed by atoms with van der Waals surface area (Å²) in [4.78, 5) is 17.2. The summed E-state index contributed by atoms with van der Waals surface area (Å²) in [5.74, 6) is 0.670. The maximum atomic E-state index is 12.0. The van der Waals surface area contributed by atoms with Gasteiger partial charge in [0.05, 0.1) is 25.4 Å². The minimum atomic E-state index is -0.457. The average Bonchev–Trinajstić information content (AvgIpc) is 2.34. The van der Waals surface area contributed by atoms with Crippen molar-refractivity contribution >= 4 is 5.91 Å². The van der Waals surface area contributed by atoms with Crippen molar-refractivity contribution in [2.45, 2.75) is 26.4 Å². The van der Waals surface area contributed by atoms with Gasteiger partial charge in [0.15, 0.2) is 0 Å². The summed E-state index contributed by atoms with van der Waals surface area (Å²) >= 11 is 0. The summed E-state index contributed by atoms with van der Waals surface area (Å²) in [5.41, 5.74) is 2.30. The van der Waals surface area contributed by atoms with Crippen LogP contribution in [0.5, 0.6) is 11.5 Å². The van der Waals surface area contributed by atoms with Crippen LogP contribution in [0, 0.1) is 0 Å². The number of hydrogen-bond acceptors (Lipinski definition) is 4. The van der Waals surface area contributed by atoms with Gasteiger partial charge < -0.3 is 9.47 Å². The quantitative estimate of drug-likeness (QED) is 0.835. The Balaban J connectivity index is 2.89. The summed E-state index contributed by atoms with van der Waals surface area (Å²) in [6.45, 7) is 5.53. The zero-order chi connectivity index (χ0) is 13.8. The van der Waals surface area contributed by atoms with Crippen LogP contribution in [0.3, 0.4) is 0 Å². The van der Waals surface area contributed by atoms with E-state index in [1.807, 2.05) is 20.8 Å². The van der Waals surface area contributed by atoms with Crippen LogP contribution >= 0.6 is 0 Å². The normalized spacial score (nSPS) is 10.9. The molecule has 0 saturated carbocycles. The van der Waals surface area contributed by atoms with Crippen LogP contribution in [0.15, 0.2) is 18.2 Å². The van der Waals surface area contributed by atoms with E-state index in [2.05, 4.69) is 5.48 Å². The number of rotatable bonds is 4. The fraction of sp³-hybridized carbons (Fsp3) is 0.462. The number of nitrogens with one attached hydrogen (secondary N) is 1. The Kier molecular flexibility index (Phi) is 4.55. The Bertz CT molecular complexity index is 423. The largest absolute Gasteiger partial charge is 0.497 e. The molecule has 0 aliphatic carbocycles. The average molecular weight is 253 g/mol. The first-order valence-corrected chi connectivity index (χ1v) is 5.58. The second-order valence-corrected chi connectivity index (χ2v) is 4.71. The van der Waals surface area contributed by atoms with Crippen LogP contribution in [0.25, 0.3) is 0 Å². The molecule has 18 heavy (non-hydrogen) atoms. The highest BCUT2D eigenvalue weighted by Gasteiger charge is 2.17. The lowest BCUT2D eigenvalue weighted by Crippen LogP contribution is -2.33. The third kappa shape index (κ3) is 3.92. The van der Waals surface area contributed by atoms with Crippen LogP contribution in [0.4, 0.5) is 0 Å². The first-order chi connectivity index (χ1) is 8.37. The fourth-order valence-electron chi connectivity index (χ4n) is 1.25. The summed E-state index contributed by atoms with van der Waals surface area (Å²) in [6, 6.07) is 4.99. The minimum Gasteiger partial charge on any atom is -0.497 e. The second-order valence-electron chi connectivity index (χ2n) is 4.71. The second kappa shape index (κ2) is 5.73. The van der Waals surface area contributed by atoms with E-state index in [1.165, 1.54) is 14.2 Å². The molecule has 0 radical (unpaired) electrons. The monoisotopic (exact) mass is 253 g/mol. The van der Waals surface area contributed by atoms with Crippen molar-refractivity contribution in [2.75, 3.05) is 14.2 Å². The predicted molar refractivity (Wildman–Crippen MR) is 67.9 cm³/mol. The highest BCUT2D eigenvalue weighted by atomic mass is 16.7. The predicted octanol–water partition coefficient (Wildman–Crippen LogP) is 2.16. The molecule has 0 atom stereocenters. The Morgan fingerprint density at radius 3 is 2.33 bits per heavy atom. The van der Waals surface area contributed by atoms with E-state index < -0.39 is 5.60 Å². The van der Waals surface area contributed by atoms with Crippen molar-refractivity contribution in [3.8, 4) is 11.5 Å². The molecule has 100 valence electrons. The first-order valence-electron chi connectivity index (χ1n) is 5.58. The third-order valence-electron chi connectivity index (χ3n) is 2.10. The number of carbonyl (C=O) groups excluding carboxylic acids is 1. The van der Waals surface area contributed by atoms with E-state index >= 15 is 0 Å². The van der Waals surface area contributed by atoms with Gasteiger partial charge in [-0.2, -0.15) is 0 Å². The molecular weight excluding hydrogens is 234 g/mol. The Morgan fingerprint density at radius 2 is 1.83 bits per heavy atom. The Morgan fingerprint density at radius 1 is 1.17 bits per heavy atom. The Labute approximate surface area is 107 Å². The van der Waals surface area contributed by atoms with Gasteiger partial charge >= 0.3 is 0 Å². The van der Waals surface area contributed by atoms with Gasteiger partial charge in [-0.3, -0.25) is 9.63 Å². The maximum Gasteiger partial charge on any atom is 0.278 e. The number of benzene rings is 1. The van der Waals surface area contributed by atoms with Gasteiger partial charge in [0.25, 0.3) is 5.91 Å².